The van der Waals surface area contributed by atoms with Crippen molar-refractivity contribution in [2.45, 2.75) is 0 Å². The molecule has 2 heterocycles. The van der Waals surface area contributed by atoms with Crippen LogP contribution in [0.1, 0.15) is 0 Å². The molecule has 0 aliphatic heterocycles. The third kappa shape index (κ3) is 2.20. The van der Waals surface area contributed by atoms with Gasteiger partial charge in [-0.3, -0.25) is 0 Å². The first-order valence-electron chi connectivity index (χ1n) is 6.09. The van der Waals surface area contributed by atoms with Crippen LogP contribution < -0.4 is 0 Å². The first-order valence-corrected chi connectivity index (χ1v) is 9.88. The van der Waals surface area contributed by atoms with Crippen LogP contribution >= 0.6 is 67.9 Å². The van der Waals surface area contributed by atoms with Crippen molar-refractivity contribution in [1.82, 2.24) is 0 Å². The van der Waals surface area contributed by atoms with E-state index < -0.39 is 0 Å². The molecular formula is C16H8I2S2. The van der Waals surface area contributed by atoms with Gasteiger partial charge in [-0.2, -0.15) is 0 Å². The first kappa shape index (κ1) is 13.5. The lowest BCUT2D eigenvalue weighted by atomic mass is 10.0. The van der Waals surface area contributed by atoms with Crippen molar-refractivity contribution in [3.8, 4) is 10.4 Å². The van der Waals surface area contributed by atoms with Crippen molar-refractivity contribution in [1.29, 1.82) is 0 Å². The topological polar surface area (TPSA) is 0 Å². The number of hydrogen-bond donors (Lipinski definition) is 0. The normalized spacial score (nSPS) is 11.5. The Labute approximate surface area is 152 Å². The highest BCUT2D eigenvalue weighted by molar-refractivity contribution is 14.1. The minimum Gasteiger partial charge on any atom is -0.129 e. The van der Waals surface area contributed by atoms with Crippen LogP contribution in [-0.2, 0) is 0 Å². The maximum Gasteiger partial charge on any atom is 0.0666 e. The van der Waals surface area contributed by atoms with Crippen LogP contribution in [0.25, 0.3) is 31.3 Å². The Bertz CT molecular complexity index is 934. The molecule has 0 amide bonds. The van der Waals surface area contributed by atoms with Crippen LogP contribution in [0.3, 0.4) is 0 Å². The zero-order chi connectivity index (χ0) is 13.7. The predicted molar refractivity (Wildman–Crippen MR) is 108 cm³/mol. The summed E-state index contributed by atoms with van der Waals surface area (Å²) in [6, 6.07) is 17.8. The van der Waals surface area contributed by atoms with Gasteiger partial charge in [-0.1, -0.05) is 24.3 Å². The summed E-state index contributed by atoms with van der Waals surface area (Å²) < 4.78 is 4.09. The van der Waals surface area contributed by atoms with E-state index in [2.05, 4.69) is 93.7 Å². The Kier molecular flexibility index (Phi) is 3.52. The van der Waals surface area contributed by atoms with Crippen LogP contribution in [0.5, 0.6) is 0 Å². The zero-order valence-corrected chi connectivity index (χ0v) is 16.1. The van der Waals surface area contributed by atoms with E-state index in [1.165, 1.54) is 37.1 Å². The second-order valence-electron chi connectivity index (χ2n) is 4.55. The highest BCUT2D eigenvalue weighted by Gasteiger charge is 2.13. The lowest BCUT2D eigenvalue weighted by molar-refractivity contribution is 1.80. The Morgan fingerprint density at radius 2 is 1.60 bits per heavy atom. The molecule has 0 N–H and O–H groups in total. The number of rotatable bonds is 1. The van der Waals surface area contributed by atoms with Gasteiger partial charge in [0.05, 0.1) is 5.77 Å². The maximum atomic E-state index is 2.42. The van der Waals surface area contributed by atoms with E-state index in [0.29, 0.717) is 0 Å². The Hall–Kier alpha value is -0.180. The Morgan fingerprint density at radius 3 is 2.40 bits per heavy atom. The van der Waals surface area contributed by atoms with Gasteiger partial charge < -0.3 is 0 Å². The van der Waals surface area contributed by atoms with Crippen molar-refractivity contribution in [2.75, 3.05) is 0 Å². The van der Waals surface area contributed by atoms with Gasteiger partial charge in [0.25, 0.3) is 0 Å². The average Bonchev–Trinajstić information content (AvgIpc) is 3.00. The fourth-order valence-electron chi connectivity index (χ4n) is 2.51. The number of fused-ring (bicyclic) bond motifs is 2. The minimum absolute atomic E-state index is 1.33. The molecule has 4 aromatic rings. The van der Waals surface area contributed by atoms with Crippen molar-refractivity contribution >= 4 is 88.7 Å². The van der Waals surface area contributed by atoms with E-state index in [0.717, 1.165) is 0 Å². The maximum absolute atomic E-state index is 2.42. The lowest BCUT2D eigenvalue weighted by Crippen LogP contribution is -1.79. The summed E-state index contributed by atoms with van der Waals surface area (Å²) in [6.07, 6.45) is 0. The standard InChI is InChI=1S/C16H8I2S2/c17-13-6-5-12(19-13)15-11-4-2-1-3-9(11)7-10-8-14(18)20-16(10)15/h1-8H. The molecule has 20 heavy (non-hydrogen) atoms. The fourth-order valence-corrected chi connectivity index (χ4v) is 6.20. The van der Waals surface area contributed by atoms with Crippen molar-refractivity contribution in [2.24, 2.45) is 0 Å². The van der Waals surface area contributed by atoms with Crippen molar-refractivity contribution in [3.63, 3.8) is 0 Å². The second-order valence-corrected chi connectivity index (χ2v) is 10.5. The van der Waals surface area contributed by atoms with E-state index in [-0.39, 0.29) is 0 Å². The molecule has 0 saturated carbocycles. The van der Waals surface area contributed by atoms with Gasteiger partial charge in [-0.15, -0.1) is 22.7 Å². The van der Waals surface area contributed by atoms with E-state index >= 15 is 0 Å². The number of benzene rings is 2. The summed E-state index contributed by atoms with van der Waals surface area (Å²) in [5.74, 6) is 0. The van der Waals surface area contributed by atoms with Gasteiger partial charge in [-0.25, -0.2) is 0 Å². The largest absolute Gasteiger partial charge is 0.129 e. The summed E-state index contributed by atoms with van der Waals surface area (Å²) in [4.78, 5) is 1.37. The number of thiophene rings is 2. The molecule has 0 nitrogen and oxygen atoms in total. The van der Waals surface area contributed by atoms with E-state index in [1.54, 1.807) is 0 Å². The smallest absolute Gasteiger partial charge is 0.0666 e. The van der Waals surface area contributed by atoms with E-state index in [4.69, 9.17) is 0 Å². The predicted octanol–water partition coefficient (Wildman–Crippen LogP) is 6.99. The van der Waals surface area contributed by atoms with Gasteiger partial charge in [0.1, 0.15) is 0 Å². The summed E-state index contributed by atoms with van der Waals surface area (Å²) in [6.45, 7) is 0. The SMILES string of the molecule is Ic1ccc(-c2c3ccccc3cc3cc(I)sc23)s1. The summed E-state index contributed by atoms with van der Waals surface area (Å²) >= 11 is 8.58. The molecule has 0 aliphatic carbocycles. The zero-order valence-electron chi connectivity index (χ0n) is 10.2. The Morgan fingerprint density at radius 1 is 0.750 bits per heavy atom. The van der Waals surface area contributed by atoms with Gasteiger partial charge in [-0.05, 0) is 85.6 Å². The summed E-state index contributed by atoms with van der Waals surface area (Å²) in [7, 11) is 0. The monoisotopic (exact) mass is 518 g/mol. The van der Waals surface area contributed by atoms with E-state index in [1.807, 2.05) is 22.7 Å². The number of halogens is 2. The molecular weight excluding hydrogens is 510 g/mol. The average molecular weight is 518 g/mol. The highest BCUT2D eigenvalue weighted by Crippen LogP contribution is 2.43. The Balaban J connectivity index is 2.22. The molecule has 0 unspecified atom stereocenters. The quantitative estimate of drug-likeness (QED) is 0.239. The van der Waals surface area contributed by atoms with Gasteiger partial charge in [0.2, 0.25) is 0 Å². The summed E-state index contributed by atoms with van der Waals surface area (Å²) in [5, 5.41) is 4.04. The second kappa shape index (κ2) is 5.23. The van der Waals surface area contributed by atoms with E-state index in [9.17, 15) is 0 Å². The highest BCUT2D eigenvalue weighted by atomic mass is 127. The van der Waals surface area contributed by atoms with Crippen molar-refractivity contribution in [3.05, 3.63) is 54.3 Å². The number of hydrogen-bond acceptors (Lipinski definition) is 2. The van der Waals surface area contributed by atoms with Crippen LogP contribution in [0.15, 0.2) is 48.5 Å². The van der Waals surface area contributed by atoms with Crippen LogP contribution in [0, 0.1) is 5.77 Å². The molecule has 2 aromatic heterocycles. The molecule has 4 heteroatoms. The third-order valence-electron chi connectivity index (χ3n) is 3.32. The lowest BCUT2D eigenvalue weighted by Gasteiger charge is -2.06. The molecule has 0 spiro atoms. The fraction of sp³-hybridized carbons (Fsp3) is 0. The molecule has 0 radical (unpaired) electrons. The third-order valence-corrected chi connectivity index (χ3v) is 7.16. The van der Waals surface area contributed by atoms with Crippen LogP contribution in [-0.4, -0.2) is 0 Å². The van der Waals surface area contributed by atoms with Crippen LogP contribution in [0.2, 0.25) is 0 Å². The molecule has 98 valence electrons. The molecule has 0 atom stereocenters. The van der Waals surface area contributed by atoms with Gasteiger partial charge in [0, 0.05) is 15.1 Å². The molecule has 4 rings (SSSR count). The molecule has 0 aliphatic rings. The summed E-state index contributed by atoms with van der Waals surface area (Å²) in [5.41, 5.74) is 1.40. The first-order chi connectivity index (χ1) is 9.72. The van der Waals surface area contributed by atoms with Crippen LogP contribution in [0.4, 0.5) is 0 Å². The molecule has 0 fully saturated rings. The van der Waals surface area contributed by atoms with Gasteiger partial charge >= 0.3 is 0 Å². The molecule has 0 bridgehead atoms. The minimum atomic E-state index is 1.33. The van der Waals surface area contributed by atoms with Crippen molar-refractivity contribution < 1.29 is 0 Å². The molecule has 2 aromatic carbocycles. The molecule has 0 saturated heterocycles. The van der Waals surface area contributed by atoms with Gasteiger partial charge in [0.15, 0.2) is 0 Å².